The monoisotopic (exact) mass is 211 g/mol. The normalized spacial score (nSPS) is 12.7. The quantitative estimate of drug-likeness (QED) is 0.687. The molecule has 0 bridgehead atoms. The van der Waals surface area contributed by atoms with Crippen LogP contribution in [0.5, 0.6) is 0 Å². The zero-order valence-corrected chi connectivity index (χ0v) is 8.94. The fourth-order valence-electron chi connectivity index (χ4n) is 1.33. The first-order valence-corrected chi connectivity index (χ1v) is 5.02. The molecule has 0 spiro atoms. The van der Waals surface area contributed by atoms with E-state index in [1.807, 2.05) is 0 Å². The Balaban J connectivity index is 2.27. The minimum Gasteiger partial charge on any atom is -0.472 e. The third-order valence-electron chi connectivity index (χ3n) is 2.24. The maximum atomic E-state index is 11.6. The molecule has 1 unspecified atom stereocenters. The summed E-state index contributed by atoms with van der Waals surface area (Å²) in [5.41, 5.74) is 6.62. The topological polar surface area (TPSA) is 65.5 Å². The molecule has 1 rings (SSSR count). The summed E-state index contributed by atoms with van der Waals surface area (Å²) in [7, 11) is 1.64. The summed E-state index contributed by atoms with van der Waals surface area (Å²) in [5, 5.41) is 0. The predicted molar refractivity (Wildman–Crippen MR) is 56.5 cm³/mol. The van der Waals surface area contributed by atoms with Crippen molar-refractivity contribution < 1.29 is 13.9 Å². The smallest absolute Gasteiger partial charge is 0.153 e. The van der Waals surface area contributed by atoms with Crippen LogP contribution in [0.15, 0.2) is 23.0 Å². The van der Waals surface area contributed by atoms with Crippen molar-refractivity contribution in [2.24, 2.45) is 5.73 Å². The number of ether oxygens (including phenoxy) is 1. The lowest BCUT2D eigenvalue weighted by Crippen LogP contribution is -2.31. The van der Waals surface area contributed by atoms with Crippen LogP contribution in [0.3, 0.4) is 0 Å². The van der Waals surface area contributed by atoms with E-state index in [9.17, 15) is 4.79 Å². The Morgan fingerprint density at radius 1 is 1.67 bits per heavy atom. The van der Waals surface area contributed by atoms with Crippen molar-refractivity contribution in [2.75, 3.05) is 13.7 Å². The van der Waals surface area contributed by atoms with Gasteiger partial charge in [-0.2, -0.15) is 0 Å². The number of carbonyl (C=O) groups is 1. The van der Waals surface area contributed by atoms with Crippen LogP contribution in [0.1, 0.15) is 18.4 Å². The molecule has 1 aromatic rings. The molecule has 2 N–H and O–H groups in total. The Hall–Kier alpha value is -1.13. The molecule has 1 atom stereocenters. The number of hydrogen-bond donors (Lipinski definition) is 1. The number of hydrogen-bond acceptors (Lipinski definition) is 4. The number of furan rings is 1. The summed E-state index contributed by atoms with van der Waals surface area (Å²) in [5.74, 6) is 0.0486. The highest BCUT2D eigenvalue weighted by Gasteiger charge is 2.13. The largest absolute Gasteiger partial charge is 0.472 e. The van der Waals surface area contributed by atoms with Crippen molar-refractivity contribution in [3.8, 4) is 0 Å². The first-order valence-electron chi connectivity index (χ1n) is 5.02. The van der Waals surface area contributed by atoms with Crippen molar-refractivity contribution in [2.45, 2.75) is 25.3 Å². The second-order valence-corrected chi connectivity index (χ2v) is 3.52. The standard InChI is InChI=1S/C11H17NO3/c1-14-5-2-3-10(12)11(13)7-9-4-6-15-8-9/h4,6,8,10H,2-3,5,7,12H2,1H3. The predicted octanol–water partition coefficient (Wildman–Crippen LogP) is 1.15. The van der Waals surface area contributed by atoms with Crippen LogP contribution in [0.4, 0.5) is 0 Å². The van der Waals surface area contributed by atoms with Gasteiger partial charge in [-0.3, -0.25) is 4.79 Å². The van der Waals surface area contributed by atoms with E-state index in [0.29, 0.717) is 19.4 Å². The highest BCUT2D eigenvalue weighted by molar-refractivity contribution is 5.85. The average Bonchev–Trinajstić information content (AvgIpc) is 2.70. The van der Waals surface area contributed by atoms with Gasteiger partial charge in [0, 0.05) is 20.1 Å². The van der Waals surface area contributed by atoms with Crippen molar-refractivity contribution in [3.63, 3.8) is 0 Å². The van der Waals surface area contributed by atoms with Crippen LogP contribution in [0.2, 0.25) is 0 Å². The number of methoxy groups -OCH3 is 1. The molecule has 1 heterocycles. The number of ketones is 1. The number of nitrogens with two attached hydrogens (primary N) is 1. The minimum absolute atomic E-state index is 0.0486. The number of rotatable bonds is 7. The van der Waals surface area contributed by atoms with Gasteiger partial charge in [0.25, 0.3) is 0 Å². The van der Waals surface area contributed by atoms with Crippen molar-refractivity contribution in [1.29, 1.82) is 0 Å². The maximum Gasteiger partial charge on any atom is 0.153 e. The van der Waals surface area contributed by atoms with Crippen LogP contribution in [0.25, 0.3) is 0 Å². The van der Waals surface area contributed by atoms with E-state index in [0.717, 1.165) is 12.0 Å². The summed E-state index contributed by atoms with van der Waals surface area (Å²) in [6.45, 7) is 0.646. The van der Waals surface area contributed by atoms with E-state index in [1.54, 1.807) is 25.7 Å². The maximum absolute atomic E-state index is 11.6. The van der Waals surface area contributed by atoms with Crippen molar-refractivity contribution in [1.82, 2.24) is 0 Å². The van der Waals surface area contributed by atoms with Crippen LogP contribution in [0, 0.1) is 0 Å². The molecule has 0 aliphatic carbocycles. The molecule has 0 saturated carbocycles. The molecule has 0 aromatic carbocycles. The Bertz CT molecular complexity index is 282. The van der Waals surface area contributed by atoms with Crippen LogP contribution in [-0.4, -0.2) is 25.5 Å². The zero-order valence-electron chi connectivity index (χ0n) is 8.94. The first-order chi connectivity index (χ1) is 7.24. The van der Waals surface area contributed by atoms with Gasteiger partial charge in [0.2, 0.25) is 0 Å². The zero-order chi connectivity index (χ0) is 11.1. The number of carbonyl (C=O) groups excluding carboxylic acids is 1. The van der Waals surface area contributed by atoms with E-state index in [-0.39, 0.29) is 5.78 Å². The Morgan fingerprint density at radius 3 is 3.07 bits per heavy atom. The van der Waals surface area contributed by atoms with Crippen LogP contribution < -0.4 is 5.73 Å². The lowest BCUT2D eigenvalue weighted by atomic mass is 10.0. The summed E-state index contributed by atoms with van der Waals surface area (Å²) in [6, 6.07) is 1.38. The molecule has 0 aliphatic heterocycles. The van der Waals surface area contributed by atoms with Gasteiger partial charge in [-0.1, -0.05) is 0 Å². The summed E-state index contributed by atoms with van der Waals surface area (Å²) >= 11 is 0. The molecule has 0 radical (unpaired) electrons. The molecule has 0 fully saturated rings. The van der Waals surface area contributed by atoms with E-state index >= 15 is 0 Å². The van der Waals surface area contributed by atoms with Crippen LogP contribution in [-0.2, 0) is 16.0 Å². The SMILES string of the molecule is COCCCC(N)C(=O)Cc1ccoc1. The fraction of sp³-hybridized carbons (Fsp3) is 0.545. The second-order valence-electron chi connectivity index (χ2n) is 3.52. The molecule has 15 heavy (non-hydrogen) atoms. The molecule has 4 heteroatoms. The third-order valence-corrected chi connectivity index (χ3v) is 2.24. The highest BCUT2D eigenvalue weighted by atomic mass is 16.5. The van der Waals surface area contributed by atoms with Gasteiger partial charge in [-0.25, -0.2) is 0 Å². The molecule has 1 aromatic heterocycles. The Morgan fingerprint density at radius 2 is 2.47 bits per heavy atom. The second kappa shape index (κ2) is 6.37. The average molecular weight is 211 g/mol. The van der Waals surface area contributed by atoms with Gasteiger partial charge in [-0.15, -0.1) is 0 Å². The van der Waals surface area contributed by atoms with Gasteiger partial charge >= 0.3 is 0 Å². The molecule has 0 amide bonds. The Kier molecular flexibility index (Phi) is 5.07. The first kappa shape index (κ1) is 11.9. The summed E-state index contributed by atoms with van der Waals surface area (Å²) < 4.78 is 9.78. The van der Waals surface area contributed by atoms with Gasteiger partial charge in [-0.05, 0) is 24.5 Å². The highest BCUT2D eigenvalue weighted by Crippen LogP contribution is 2.05. The van der Waals surface area contributed by atoms with Gasteiger partial charge < -0.3 is 14.9 Å². The molecular formula is C11H17NO3. The van der Waals surface area contributed by atoms with Gasteiger partial charge in [0.1, 0.15) is 0 Å². The molecular weight excluding hydrogens is 194 g/mol. The molecule has 0 saturated heterocycles. The molecule has 0 aliphatic rings. The van der Waals surface area contributed by atoms with E-state index in [4.69, 9.17) is 14.9 Å². The van der Waals surface area contributed by atoms with Gasteiger partial charge in [0.15, 0.2) is 5.78 Å². The fourth-order valence-corrected chi connectivity index (χ4v) is 1.33. The lowest BCUT2D eigenvalue weighted by molar-refractivity contribution is -0.119. The lowest BCUT2D eigenvalue weighted by Gasteiger charge is -2.08. The van der Waals surface area contributed by atoms with Crippen LogP contribution >= 0.6 is 0 Å². The van der Waals surface area contributed by atoms with Crippen molar-refractivity contribution in [3.05, 3.63) is 24.2 Å². The number of Topliss-reactive ketones (excluding diaryl/α,β-unsaturated/α-hetero) is 1. The van der Waals surface area contributed by atoms with E-state index in [2.05, 4.69) is 0 Å². The Labute approximate surface area is 89.4 Å². The third kappa shape index (κ3) is 4.27. The molecule has 84 valence electrons. The van der Waals surface area contributed by atoms with E-state index < -0.39 is 6.04 Å². The minimum atomic E-state index is -0.393. The summed E-state index contributed by atoms with van der Waals surface area (Å²) in [6.07, 6.45) is 4.96. The summed E-state index contributed by atoms with van der Waals surface area (Å²) in [4.78, 5) is 11.6. The van der Waals surface area contributed by atoms with Crippen molar-refractivity contribution >= 4 is 5.78 Å². The molecule has 4 nitrogen and oxygen atoms in total. The van der Waals surface area contributed by atoms with Gasteiger partial charge in [0.05, 0.1) is 18.6 Å². The van der Waals surface area contributed by atoms with E-state index in [1.165, 1.54) is 0 Å².